The maximum absolute atomic E-state index is 12.6. The van der Waals surface area contributed by atoms with Crippen LogP contribution < -0.4 is 10.6 Å². The first kappa shape index (κ1) is 15.3. The number of nitrogens with zero attached hydrogens (tertiary/aromatic N) is 1. The van der Waals surface area contributed by atoms with Crippen molar-refractivity contribution in [2.45, 2.75) is 32.0 Å². The lowest BCUT2D eigenvalue weighted by Gasteiger charge is -2.13. The monoisotopic (exact) mass is 301 g/mol. The second kappa shape index (κ2) is 5.71. The smallest absolute Gasteiger partial charge is 0.344 e. The Balaban J connectivity index is 2.05. The molecule has 1 aromatic rings. The molecule has 8 heteroatoms. The predicted octanol–water partition coefficient (Wildman–Crippen LogP) is 1.65. The second-order valence-electron chi connectivity index (χ2n) is 4.97. The molecule has 21 heavy (non-hydrogen) atoms. The fourth-order valence-electron chi connectivity index (χ4n) is 2.27. The summed E-state index contributed by atoms with van der Waals surface area (Å²) in [5.74, 6) is -1.32. The van der Waals surface area contributed by atoms with Crippen LogP contribution in [-0.4, -0.2) is 29.0 Å². The minimum absolute atomic E-state index is 0.174. The molecule has 0 aliphatic carbocycles. The highest BCUT2D eigenvalue weighted by Gasteiger charge is 2.47. The standard InChI is InChI=1S/C13H14F3N3O2/c1-7(20)18-11-5-8(2-3-17-11)4-9-6-10(13(14,15)16)19-12(9)21/h2-3,5,9-10H,4,6H2,1H3,(H,19,21)(H,17,18,20)/t9-,10+/m1/s1. The molecule has 2 amide bonds. The number of carbonyl (C=O) groups is 2. The fraction of sp³-hybridized carbons (Fsp3) is 0.462. The summed E-state index contributed by atoms with van der Waals surface area (Å²) in [6.07, 6.45) is -3.09. The highest BCUT2D eigenvalue weighted by atomic mass is 19.4. The average molecular weight is 301 g/mol. The molecule has 114 valence electrons. The van der Waals surface area contributed by atoms with Crippen LogP contribution in [0.3, 0.4) is 0 Å². The maximum atomic E-state index is 12.6. The molecule has 1 aliphatic rings. The lowest BCUT2D eigenvalue weighted by Crippen LogP contribution is -2.38. The molecule has 2 heterocycles. The van der Waals surface area contributed by atoms with E-state index in [1.54, 1.807) is 12.1 Å². The molecule has 0 unspecified atom stereocenters. The third-order valence-corrected chi connectivity index (χ3v) is 3.21. The van der Waals surface area contributed by atoms with Crippen molar-refractivity contribution >= 4 is 17.6 Å². The van der Waals surface area contributed by atoms with Gasteiger partial charge in [-0.2, -0.15) is 13.2 Å². The van der Waals surface area contributed by atoms with Crippen LogP contribution >= 0.6 is 0 Å². The van der Waals surface area contributed by atoms with Gasteiger partial charge in [0.15, 0.2) is 0 Å². The predicted molar refractivity (Wildman–Crippen MR) is 68.3 cm³/mol. The summed E-state index contributed by atoms with van der Waals surface area (Å²) in [7, 11) is 0. The normalized spacial score (nSPS) is 22.0. The van der Waals surface area contributed by atoms with Gasteiger partial charge in [0, 0.05) is 19.0 Å². The Morgan fingerprint density at radius 3 is 2.81 bits per heavy atom. The molecule has 1 aromatic heterocycles. The SMILES string of the molecule is CC(=O)Nc1cc(C[C@@H]2C[C@@H](C(F)(F)F)NC2=O)ccn1. The molecule has 2 atom stereocenters. The summed E-state index contributed by atoms with van der Waals surface area (Å²) in [5.41, 5.74) is 0.650. The van der Waals surface area contributed by atoms with Gasteiger partial charge in [0.25, 0.3) is 0 Å². The highest BCUT2D eigenvalue weighted by Crippen LogP contribution is 2.31. The molecule has 2 N–H and O–H groups in total. The number of aromatic nitrogens is 1. The minimum atomic E-state index is -4.43. The van der Waals surface area contributed by atoms with E-state index in [0.717, 1.165) is 0 Å². The Labute approximate surface area is 118 Å². The molecule has 1 fully saturated rings. The summed E-state index contributed by atoms with van der Waals surface area (Å²) >= 11 is 0. The van der Waals surface area contributed by atoms with Crippen molar-refractivity contribution in [1.82, 2.24) is 10.3 Å². The van der Waals surface area contributed by atoms with Gasteiger partial charge in [-0.1, -0.05) is 0 Å². The number of alkyl halides is 3. The minimum Gasteiger partial charge on any atom is -0.344 e. The molecule has 0 saturated carbocycles. The van der Waals surface area contributed by atoms with Crippen LogP contribution in [0.25, 0.3) is 0 Å². The number of halogens is 3. The number of amides is 2. The van der Waals surface area contributed by atoms with E-state index in [9.17, 15) is 22.8 Å². The van der Waals surface area contributed by atoms with E-state index in [2.05, 4.69) is 10.3 Å². The number of hydrogen-bond acceptors (Lipinski definition) is 3. The van der Waals surface area contributed by atoms with Crippen molar-refractivity contribution in [1.29, 1.82) is 0 Å². The van der Waals surface area contributed by atoms with E-state index >= 15 is 0 Å². The summed E-state index contributed by atoms with van der Waals surface area (Å²) in [5, 5.41) is 4.45. The molecular formula is C13H14F3N3O2. The van der Waals surface area contributed by atoms with Crippen molar-refractivity contribution in [2.24, 2.45) is 5.92 Å². The Morgan fingerprint density at radius 1 is 1.52 bits per heavy atom. The first-order chi connectivity index (χ1) is 9.75. The molecule has 5 nitrogen and oxygen atoms in total. The van der Waals surface area contributed by atoms with Crippen molar-refractivity contribution in [3.05, 3.63) is 23.9 Å². The largest absolute Gasteiger partial charge is 0.408 e. The molecule has 2 rings (SSSR count). The molecule has 0 bridgehead atoms. The molecular weight excluding hydrogens is 287 g/mol. The molecule has 1 saturated heterocycles. The van der Waals surface area contributed by atoms with Crippen molar-refractivity contribution in [3.8, 4) is 0 Å². The van der Waals surface area contributed by atoms with Gasteiger partial charge >= 0.3 is 6.18 Å². The van der Waals surface area contributed by atoms with E-state index in [1.165, 1.54) is 13.1 Å². The lowest BCUT2D eigenvalue weighted by atomic mass is 9.96. The Kier molecular flexibility index (Phi) is 4.15. The fourth-order valence-corrected chi connectivity index (χ4v) is 2.27. The van der Waals surface area contributed by atoms with Crippen LogP contribution in [0.5, 0.6) is 0 Å². The van der Waals surface area contributed by atoms with Gasteiger partial charge < -0.3 is 10.6 Å². The lowest BCUT2D eigenvalue weighted by molar-refractivity contribution is -0.154. The van der Waals surface area contributed by atoms with Crippen LogP contribution in [0.1, 0.15) is 18.9 Å². The summed E-state index contributed by atoms with van der Waals surface area (Å²) in [6.45, 7) is 1.33. The number of hydrogen-bond donors (Lipinski definition) is 2. The van der Waals surface area contributed by atoms with Crippen LogP contribution in [-0.2, 0) is 16.0 Å². The number of nitrogens with one attached hydrogen (secondary N) is 2. The van der Waals surface area contributed by atoms with Gasteiger partial charge in [0.2, 0.25) is 11.8 Å². The zero-order valence-corrected chi connectivity index (χ0v) is 11.2. The van der Waals surface area contributed by atoms with Crippen molar-refractivity contribution in [3.63, 3.8) is 0 Å². The van der Waals surface area contributed by atoms with Gasteiger partial charge in [-0.15, -0.1) is 0 Å². The zero-order chi connectivity index (χ0) is 15.6. The Bertz CT molecular complexity index is 560. The van der Waals surface area contributed by atoms with Crippen molar-refractivity contribution in [2.75, 3.05) is 5.32 Å². The zero-order valence-electron chi connectivity index (χ0n) is 11.2. The first-order valence-electron chi connectivity index (χ1n) is 6.35. The van der Waals surface area contributed by atoms with Crippen LogP contribution in [0.2, 0.25) is 0 Å². The van der Waals surface area contributed by atoms with Crippen LogP contribution in [0, 0.1) is 5.92 Å². The van der Waals surface area contributed by atoms with Crippen LogP contribution in [0.4, 0.5) is 19.0 Å². The third kappa shape index (κ3) is 3.93. The van der Waals surface area contributed by atoms with Gasteiger partial charge in [-0.05, 0) is 30.5 Å². The van der Waals surface area contributed by atoms with E-state index in [1.807, 2.05) is 5.32 Å². The van der Waals surface area contributed by atoms with Gasteiger partial charge in [0.1, 0.15) is 11.9 Å². The molecule has 1 aliphatic heterocycles. The molecule has 0 radical (unpaired) electrons. The molecule has 0 spiro atoms. The Morgan fingerprint density at radius 2 is 2.24 bits per heavy atom. The third-order valence-electron chi connectivity index (χ3n) is 3.21. The van der Waals surface area contributed by atoms with Gasteiger partial charge in [0.05, 0.1) is 0 Å². The Hall–Kier alpha value is -2.12. The summed E-state index contributed by atoms with van der Waals surface area (Å²) < 4.78 is 37.7. The molecule has 0 aromatic carbocycles. The topological polar surface area (TPSA) is 71.1 Å². The van der Waals surface area contributed by atoms with Crippen molar-refractivity contribution < 1.29 is 22.8 Å². The van der Waals surface area contributed by atoms with E-state index in [-0.39, 0.29) is 18.7 Å². The number of pyridine rings is 1. The highest BCUT2D eigenvalue weighted by molar-refractivity contribution is 5.87. The van der Waals surface area contributed by atoms with E-state index in [4.69, 9.17) is 0 Å². The quantitative estimate of drug-likeness (QED) is 0.892. The maximum Gasteiger partial charge on any atom is 0.408 e. The summed E-state index contributed by atoms with van der Waals surface area (Å²) in [6, 6.07) is 1.38. The van der Waals surface area contributed by atoms with Gasteiger partial charge in [-0.3, -0.25) is 9.59 Å². The number of anilines is 1. The van der Waals surface area contributed by atoms with E-state index < -0.39 is 24.0 Å². The van der Waals surface area contributed by atoms with E-state index in [0.29, 0.717) is 11.4 Å². The number of rotatable bonds is 3. The average Bonchev–Trinajstić information content (AvgIpc) is 2.70. The van der Waals surface area contributed by atoms with Gasteiger partial charge in [-0.25, -0.2) is 4.98 Å². The number of carbonyl (C=O) groups excluding carboxylic acids is 2. The second-order valence-corrected chi connectivity index (χ2v) is 4.97. The summed E-state index contributed by atoms with van der Waals surface area (Å²) in [4.78, 5) is 26.5. The van der Waals surface area contributed by atoms with Crippen LogP contribution in [0.15, 0.2) is 18.3 Å². The first-order valence-corrected chi connectivity index (χ1v) is 6.35.